The monoisotopic (exact) mass is 360 g/mol. The number of unbranched alkanes of at least 4 members (excludes halogenated alkanes) is 2. The zero-order valence-electron chi connectivity index (χ0n) is 13.9. The molecule has 24 heavy (non-hydrogen) atoms. The van der Waals surface area contributed by atoms with Gasteiger partial charge in [-0.05, 0) is 37.0 Å². The molecule has 1 fully saturated rings. The fraction of sp³-hybridized carbons (Fsp3) is 0.556. The molecule has 0 saturated carbocycles. The number of nitrogens with one attached hydrogen (secondary N) is 1. The van der Waals surface area contributed by atoms with E-state index in [0.29, 0.717) is 6.04 Å². The van der Waals surface area contributed by atoms with Gasteiger partial charge in [0.25, 0.3) is 0 Å². The van der Waals surface area contributed by atoms with Crippen LogP contribution in [0.5, 0.6) is 5.75 Å². The van der Waals surface area contributed by atoms with Crippen molar-refractivity contribution in [2.45, 2.75) is 38.3 Å². The fourth-order valence-corrected chi connectivity index (χ4v) is 3.05. The first-order valence-corrected chi connectivity index (χ1v) is 8.31. The maximum atomic E-state index is 12.3. The minimum Gasteiger partial charge on any atom is -0.435 e. The maximum Gasteiger partial charge on any atom is 0.387 e. The molecule has 0 bridgehead atoms. The molecule has 136 valence electrons. The highest BCUT2D eigenvalue weighted by atomic mass is 35.5. The van der Waals surface area contributed by atoms with Crippen LogP contribution in [-0.2, 0) is 0 Å². The van der Waals surface area contributed by atoms with Gasteiger partial charge in [-0.15, -0.1) is 19.0 Å². The Labute approximate surface area is 149 Å². The molecule has 0 spiro atoms. The Morgan fingerprint density at radius 1 is 1.17 bits per heavy atom. The zero-order valence-corrected chi connectivity index (χ0v) is 14.7. The molecule has 1 N–H and O–H groups in total. The van der Waals surface area contributed by atoms with E-state index in [-0.39, 0.29) is 18.2 Å². The molecule has 3 nitrogen and oxygen atoms in total. The first kappa shape index (κ1) is 20.9. The van der Waals surface area contributed by atoms with Gasteiger partial charge in [-0.25, -0.2) is 0 Å². The van der Waals surface area contributed by atoms with Crippen molar-refractivity contribution in [3.05, 3.63) is 42.5 Å². The summed E-state index contributed by atoms with van der Waals surface area (Å²) < 4.78 is 29.0. The number of rotatable bonds is 9. The summed E-state index contributed by atoms with van der Waals surface area (Å²) in [7, 11) is 0. The molecule has 1 saturated heterocycles. The lowest BCUT2D eigenvalue weighted by atomic mass is 9.98. The molecule has 1 aromatic carbocycles. The van der Waals surface area contributed by atoms with Gasteiger partial charge in [0.05, 0.1) is 0 Å². The normalized spacial score (nSPS) is 16.5. The summed E-state index contributed by atoms with van der Waals surface area (Å²) >= 11 is 0. The van der Waals surface area contributed by atoms with Gasteiger partial charge in [-0.2, -0.15) is 8.78 Å². The Morgan fingerprint density at radius 2 is 1.83 bits per heavy atom. The summed E-state index contributed by atoms with van der Waals surface area (Å²) in [5, 5.41) is 3.37. The van der Waals surface area contributed by atoms with Crippen molar-refractivity contribution >= 4 is 12.4 Å². The smallest absolute Gasteiger partial charge is 0.387 e. The van der Waals surface area contributed by atoms with Gasteiger partial charge in [0.1, 0.15) is 5.75 Å². The number of nitrogens with zero attached hydrogens (tertiary/aromatic N) is 1. The minimum atomic E-state index is -2.77. The molecule has 0 amide bonds. The van der Waals surface area contributed by atoms with Crippen molar-refractivity contribution < 1.29 is 13.5 Å². The summed E-state index contributed by atoms with van der Waals surface area (Å²) in [5.41, 5.74) is 1.17. The first-order valence-electron chi connectivity index (χ1n) is 8.31. The second-order valence-electron chi connectivity index (χ2n) is 5.82. The molecule has 0 aliphatic carbocycles. The van der Waals surface area contributed by atoms with Crippen LogP contribution in [0.15, 0.2) is 36.9 Å². The molecular formula is C18H27ClF2N2O. The number of halogens is 3. The number of allylic oxidation sites excluding steroid dienone is 1. The van der Waals surface area contributed by atoms with Crippen LogP contribution in [0.3, 0.4) is 0 Å². The summed E-state index contributed by atoms with van der Waals surface area (Å²) in [6.07, 6.45) is 6.34. The van der Waals surface area contributed by atoms with E-state index in [4.69, 9.17) is 0 Å². The Hall–Kier alpha value is -1.17. The minimum absolute atomic E-state index is 0. The lowest BCUT2D eigenvalue weighted by molar-refractivity contribution is -0.0498. The highest BCUT2D eigenvalue weighted by molar-refractivity contribution is 5.85. The van der Waals surface area contributed by atoms with Gasteiger partial charge < -0.3 is 10.1 Å². The van der Waals surface area contributed by atoms with Crippen molar-refractivity contribution in [3.63, 3.8) is 0 Å². The van der Waals surface area contributed by atoms with E-state index in [1.54, 1.807) is 12.1 Å². The van der Waals surface area contributed by atoms with E-state index < -0.39 is 6.61 Å². The molecule has 2 rings (SSSR count). The summed E-state index contributed by atoms with van der Waals surface area (Å²) in [5.74, 6) is 0.217. The Bertz CT molecular complexity index is 465. The molecule has 1 heterocycles. The van der Waals surface area contributed by atoms with E-state index in [1.165, 1.54) is 5.56 Å². The highest BCUT2D eigenvalue weighted by Crippen LogP contribution is 2.29. The molecule has 1 aromatic rings. The molecule has 1 atom stereocenters. The zero-order chi connectivity index (χ0) is 16.5. The van der Waals surface area contributed by atoms with Crippen molar-refractivity contribution in [1.82, 2.24) is 10.2 Å². The topological polar surface area (TPSA) is 24.5 Å². The average molecular weight is 361 g/mol. The van der Waals surface area contributed by atoms with E-state index in [1.807, 2.05) is 18.2 Å². The lowest BCUT2D eigenvalue weighted by Gasteiger charge is -2.35. The Morgan fingerprint density at radius 3 is 2.42 bits per heavy atom. The summed E-state index contributed by atoms with van der Waals surface area (Å²) in [6, 6.07) is 7.44. The second-order valence-corrected chi connectivity index (χ2v) is 5.82. The van der Waals surface area contributed by atoms with Crippen LogP contribution in [0, 0.1) is 0 Å². The molecule has 6 heteroatoms. The highest BCUT2D eigenvalue weighted by Gasteiger charge is 2.21. The van der Waals surface area contributed by atoms with Crippen LogP contribution in [-0.4, -0.2) is 37.7 Å². The van der Waals surface area contributed by atoms with Gasteiger partial charge in [0.15, 0.2) is 0 Å². The Kier molecular flexibility index (Phi) is 9.91. The summed E-state index contributed by atoms with van der Waals surface area (Å²) in [4.78, 5) is 2.48. The van der Waals surface area contributed by atoms with Crippen molar-refractivity contribution in [2.75, 3.05) is 26.2 Å². The van der Waals surface area contributed by atoms with Crippen molar-refractivity contribution in [2.24, 2.45) is 0 Å². The third-order valence-electron chi connectivity index (χ3n) is 4.22. The molecular weight excluding hydrogens is 334 g/mol. The number of hydrogen-bond acceptors (Lipinski definition) is 3. The van der Waals surface area contributed by atoms with Crippen molar-refractivity contribution in [3.8, 4) is 5.75 Å². The number of alkyl halides is 2. The van der Waals surface area contributed by atoms with Crippen molar-refractivity contribution in [1.29, 1.82) is 0 Å². The molecule has 1 aliphatic heterocycles. The second kappa shape index (κ2) is 11.4. The SMILES string of the molecule is C=CCCCC[C@H](c1ccc(OC(F)F)cc1)N1CCNCC1.Cl. The number of benzene rings is 1. The van der Waals surface area contributed by atoms with Crippen LogP contribution in [0.4, 0.5) is 8.78 Å². The molecule has 0 unspecified atom stereocenters. The predicted molar refractivity (Wildman–Crippen MR) is 96.2 cm³/mol. The molecule has 0 radical (unpaired) electrons. The van der Waals surface area contributed by atoms with E-state index >= 15 is 0 Å². The van der Waals surface area contributed by atoms with E-state index in [0.717, 1.165) is 51.9 Å². The lowest BCUT2D eigenvalue weighted by Crippen LogP contribution is -2.45. The Balaban J connectivity index is 0.00000288. The largest absolute Gasteiger partial charge is 0.435 e. The number of ether oxygens (including phenoxy) is 1. The fourth-order valence-electron chi connectivity index (χ4n) is 3.05. The van der Waals surface area contributed by atoms with Crippen LogP contribution in [0.2, 0.25) is 0 Å². The summed E-state index contributed by atoms with van der Waals surface area (Å²) in [6.45, 7) is 5.01. The maximum absolute atomic E-state index is 12.3. The number of piperazine rings is 1. The quantitative estimate of drug-likeness (QED) is 0.521. The standard InChI is InChI=1S/C18H26F2N2O.ClH/c1-2-3-4-5-6-17(22-13-11-21-12-14-22)15-7-9-16(10-8-15)23-18(19)20;/h2,7-10,17-18,21H,1,3-6,11-14H2;1H/t17-;/m1./s1. The third kappa shape index (κ3) is 6.75. The van der Waals surface area contributed by atoms with Crippen LogP contribution >= 0.6 is 12.4 Å². The predicted octanol–water partition coefficient (Wildman–Crippen LogP) is 4.40. The van der Waals surface area contributed by atoms with Gasteiger partial charge in [-0.1, -0.05) is 24.6 Å². The number of hydrogen-bond donors (Lipinski definition) is 1. The van der Waals surface area contributed by atoms with Crippen LogP contribution in [0.1, 0.15) is 37.3 Å². The van der Waals surface area contributed by atoms with Gasteiger partial charge >= 0.3 is 6.61 Å². The van der Waals surface area contributed by atoms with Gasteiger partial charge in [-0.3, -0.25) is 4.90 Å². The van der Waals surface area contributed by atoms with Gasteiger partial charge in [0, 0.05) is 32.2 Å². The van der Waals surface area contributed by atoms with Crippen LogP contribution < -0.4 is 10.1 Å². The molecule has 0 aromatic heterocycles. The van der Waals surface area contributed by atoms with Gasteiger partial charge in [0.2, 0.25) is 0 Å². The average Bonchev–Trinajstić information content (AvgIpc) is 2.56. The van der Waals surface area contributed by atoms with Crippen LogP contribution in [0.25, 0.3) is 0 Å². The third-order valence-corrected chi connectivity index (χ3v) is 4.22. The van der Waals surface area contributed by atoms with E-state index in [9.17, 15) is 8.78 Å². The molecule has 1 aliphatic rings. The first-order chi connectivity index (χ1) is 11.2. The van der Waals surface area contributed by atoms with E-state index in [2.05, 4.69) is 21.5 Å².